The third-order valence-electron chi connectivity index (χ3n) is 7.02. The molecular weight excluding hydrogens is 428 g/mol. The minimum Gasteiger partial charge on any atom is -0.306 e. The van der Waals surface area contributed by atoms with Gasteiger partial charge in [-0.2, -0.15) is 0 Å². The molecule has 4 heterocycles. The monoisotopic (exact) mass is 486 g/mol. The average Bonchev–Trinajstić information content (AvgIpc) is 2.85. The van der Waals surface area contributed by atoms with E-state index in [4.69, 9.17) is 0 Å². The Hall–Kier alpha value is -1.78. The maximum absolute atomic E-state index is 2.42. The molecule has 0 radical (unpaired) electrons. The lowest BCUT2D eigenvalue weighted by Crippen LogP contribution is -2.29. The summed E-state index contributed by atoms with van der Waals surface area (Å²) in [5.41, 5.74) is 2.70. The summed E-state index contributed by atoms with van der Waals surface area (Å²) >= 11 is 0. The summed E-state index contributed by atoms with van der Waals surface area (Å²) in [5.74, 6) is 2.01. The third kappa shape index (κ3) is 16.5. The van der Waals surface area contributed by atoms with Crippen LogP contribution in [0.4, 0.5) is 0 Å². The van der Waals surface area contributed by atoms with Gasteiger partial charge in [-0.25, -0.2) is 9.13 Å². The van der Waals surface area contributed by atoms with Crippen LogP contribution in [0.5, 0.6) is 0 Å². The molecular formula is C31H58N4+2. The predicted octanol–water partition coefficient (Wildman–Crippen LogP) is 5.62. The zero-order valence-electron chi connectivity index (χ0n) is 23.6. The molecule has 0 saturated carbocycles. The number of hydrogen-bond acceptors (Lipinski definition) is 2. The lowest BCUT2D eigenvalue weighted by atomic mass is 9.95. The first-order valence-electron chi connectivity index (χ1n) is 13.5. The fraction of sp³-hybridized carbons (Fsp3) is 0.677. The smallest absolute Gasteiger partial charge is 0.168 e. The van der Waals surface area contributed by atoms with Crippen molar-refractivity contribution < 1.29 is 9.13 Å². The van der Waals surface area contributed by atoms with Crippen LogP contribution in [-0.2, 0) is 20.5 Å². The van der Waals surface area contributed by atoms with Crippen molar-refractivity contribution in [1.29, 1.82) is 0 Å². The topological polar surface area (TPSA) is 14.2 Å². The van der Waals surface area contributed by atoms with E-state index in [2.05, 4.69) is 88.2 Å². The highest BCUT2D eigenvalue weighted by Gasteiger charge is 2.13. The quantitative estimate of drug-likeness (QED) is 0.512. The molecule has 2 aliphatic heterocycles. The SMILES string of the molecule is C.CC1CCN(C)CC1.CCC1CCN(C)CC1.CCc1cc[n+](C)cc1.Cc1cc[n+](C)cc1. The highest BCUT2D eigenvalue weighted by molar-refractivity contribution is 5.06. The minimum absolute atomic E-state index is 0. The van der Waals surface area contributed by atoms with Gasteiger partial charge in [0.25, 0.3) is 0 Å². The molecule has 0 spiro atoms. The fourth-order valence-corrected chi connectivity index (χ4v) is 3.95. The largest absolute Gasteiger partial charge is 0.306 e. The number of likely N-dealkylation sites (tertiary alicyclic amines) is 2. The molecule has 2 aliphatic rings. The van der Waals surface area contributed by atoms with Gasteiger partial charge in [-0.15, -0.1) is 0 Å². The molecule has 0 N–H and O–H groups in total. The van der Waals surface area contributed by atoms with Gasteiger partial charge in [-0.1, -0.05) is 34.6 Å². The minimum atomic E-state index is 0. The van der Waals surface area contributed by atoms with E-state index in [1.54, 1.807) is 0 Å². The first kappa shape index (κ1) is 33.2. The van der Waals surface area contributed by atoms with E-state index in [0.29, 0.717) is 0 Å². The molecule has 0 amide bonds. The number of hydrogen-bond donors (Lipinski definition) is 0. The molecule has 4 heteroatoms. The molecule has 200 valence electrons. The normalized spacial score (nSPS) is 16.9. The van der Waals surface area contributed by atoms with Crippen molar-refractivity contribution in [3.05, 3.63) is 60.2 Å². The summed E-state index contributed by atoms with van der Waals surface area (Å²) < 4.78 is 4.06. The van der Waals surface area contributed by atoms with Gasteiger partial charge in [0.15, 0.2) is 24.8 Å². The van der Waals surface area contributed by atoms with Gasteiger partial charge in [-0.05, 0) is 102 Å². The molecule has 2 aromatic heterocycles. The molecule has 2 saturated heterocycles. The Bertz CT molecular complexity index is 695. The molecule has 2 fully saturated rings. The van der Waals surface area contributed by atoms with Gasteiger partial charge in [0.1, 0.15) is 14.1 Å². The Kier molecular flexibility index (Phi) is 18.4. The molecule has 4 rings (SSSR count). The maximum Gasteiger partial charge on any atom is 0.168 e. The van der Waals surface area contributed by atoms with Crippen molar-refractivity contribution in [2.24, 2.45) is 25.9 Å². The molecule has 35 heavy (non-hydrogen) atoms. The number of nitrogens with zero attached hydrogens (tertiary/aromatic N) is 4. The van der Waals surface area contributed by atoms with E-state index in [1.807, 2.05) is 35.6 Å². The lowest BCUT2D eigenvalue weighted by molar-refractivity contribution is -0.671. The van der Waals surface area contributed by atoms with Gasteiger partial charge >= 0.3 is 0 Å². The summed E-state index contributed by atoms with van der Waals surface area (Å²) in [6.07, 6.45) is 16.4. The predicted molar refractivity (Wildman–Crippen MR) is 152 cm³/mol. The Labute approximate surface area is 219 Å². The summed E-state index contributed by atoms with van der Waals surface area (Å²) in [4.78, 5) is 4.83. The molecule has 4 nitrogen and oxygen atoms in total. The van der Waals surface area contributed by atoms with Crippen LogP contribution in [0.25, 0.3) is 0 Å². The van der Waals surface area contributed by atoms with Gasteiger partial charge in [0.05, 0.1) is 0 Å². The van der Waals surface area contributed by atoms with Crippen molar-refractivity contribution in [2.45, 2.75) is 73.6 Å². The second kappa shape index (κ2) is 19.4. The molecule has 2 aromatic rings. The average molecular weight is 487 g/mol. The van der Waals surface area contributed by atoms with Crippen LogP contribution in [0.3, 0.4) is 0 Å². The highest BCUT2D eigenvalue weighted by Crippen LogP contribution is 2.18. The van der Waals surface area contributed by atoms with Crippen molar-refractivity contribution in [2.75, 3.05) is 40.3 Å². The Morgan fingerprint density at radius 1 is 0.743 bits per heavy atom. The summed E-state index contributed by atoms with van der Waals surface area (Å²) in [7, 11) is 8.46. The Morgan fingerprint density at radius 3 is 1.49 bits per heavy atom. The van der Waals surface area contributed by atoms with E-state index in [0.717, 1.165) is 18.3 Å². The third-order valence-corrected chi connectivity index (χ3v) is 7.02. The fourth-order valence-electron chi connectivity index (χ4n) is 3.95. The van der Waals surface area contributed by atoms with Crippen molar-refractivity contribution in [3.63, 3.8) is 0 Å². The molecule has 0 unspecified atom stereocenters. The van der Waals surface area contributed by atoms with Crippen LogP contribution >= 0.6 is 0 Å². The standard InChI is InChI=1S/C8H17N.C8H12N.C7H15N.C7H10N.CH4/c2*1-3-8-4-6-9(2)7-5-8;2*1-7-3-5-8(2)6-4-7;/h8H,3-7H2,1-2H3;4-7H,3H2,1-2H3;7H,3-6H2,1-2H3;3-6H,1-2H3;1H4/q;+1;;+1;. The molecule has 0 bridgehead atoms. The first-order valence-corrected chi connectivity index (χ1v) is 13.5. The van der Waals surface area contributed by atoms with Gasteiger partial charge in [-0.3, -0.25) is 0 Å². The van der Waals surface area contributed by atoms with Crippen LogP contribution in [0.15, 0.2) is 49.1 Å². The number of aryl methyl sites for hydroxylation is 4. The first-order chi connectivity index (χ1) is 16.2. The van der Waals surface area contributed by atoms with Crippen LogP contribution < -0.4 is 9.13 Å². The highest BCUT2D eigenvalue weighted by atomic mass is 15.1. The van der Waals surface area contributed by atoms with Crippen LogP contribution in [-0.4, -0.2) is 50.1 Å². The zero-order chi connectivity index (χ0) is 25.3. The van der Waals surface area contributed by atoms with Crippen molar-refractivity contribution in [1.82, 2.24) is 9.80 Å². The molecule has 0 atom stereocenters. The maximum atomic E-state index is 2.42. The number of piperidine rings is 2. The van der Waals surface area contributed by atoms with E-state index < -0.39 is 0 Å². The number of aromatic nitrogens is 2. The lowest BCUT2D eigenvalue weighted by Gasteiger charge is -2.27. The van der Waals surface area contributed by atoms with Gasteiger partial charge in [0.2, 0.25) is 0 Å². The van der Waals surface area contributed by atoms with E-state index in [9.17, 15) is 0 Å². The number of rotatable bonds is 2. The Morgan fingerprint density at radius 2 is 1.14 bits per heavy atom. The summed E-state index contributed by atoms with van der Waals surface area (Å²) in [6.45, 7) is 14.1. The van der Waals surface area contributed by atoms with Crippen LogP contribution in [0, 0.1) is 18.8 Å². The van der Waals surface area contributed by atoms with E-state index in [-0.39, 0.29) is 7.43 Å². The van der Waals surface area contributed by atoms with E-state index >= 15 is 0 Å². The summed E-state index contributed by atoms with van der Waals surface area (Å²) in [6, 6.07) is 8.44. The molecule has 0 aliphatic carbocycles. The number of pyridine rings is 2. The molecule has 0 aromatic carbocycles. The van der Waals surface area contributed by atoms with Crippen molar-refractivity contribution >= 4 is 0 Å². The van der Waals surface area contributed by atoms with Gasteiger partial charge < -0.3 is 9.80 Å². The van der Waals surface area contributed by atoms with Gasteiger partial charge in [0, 0.05) is 24.3 Å². The van der Waals surface area contributed by atoms with Crippen LogP contribution in [0.2, 0.25) is 0 Å². The van der Waals surface area contributed by atoms with E-state index in [1.165, 1.54) is 69.4 Å². The zero-order valence-corrected chi connectivity index (χ0v) is 23.6. The Balaban J connectivity index is 0.000000437. The summed E-state index contributed by atoms with van der Waals surface area (Å²) in [5, 5.41) is 0. The second-order valence-corrected chi connectivity index (χ2v) is 10.4. The van der Waals surface area contributed by atoms with Crippen LogP contribution in [0.1, 0.15) is 71.4 Å². The van der Waals surface area contributed by atoms with Crippen molar-refractivity contribution in [3.8, 4) is 0 Å². The second-order valence-electron chi connectivity index (χ2n) is 10.4.